The molecular formula is C11H12ClF3N2O2. The fourth-order valence-corrected chi connectivity index (χ4v) is 1.51. The van der Waals surface area contributed by atoms with Gasteiger partial charge in [-0.1, -0.05) is 23.7 Å². The van der Waals surface area contributed by atoms with E-state index in [1.165, 1.54) is 6.07 Å². The van der Waals surface area contributed by atoms with E-state index in [-0.39, 0.29) is 17.3 Å². The largest absolute Gasteiger partial charge is 0.482 e. The number of hydrogen-bond acceptors (Lipinski definition) is 3. The van der Waals surface area contributed by atoms with Gasteiger partial charge in [-0.2, -0.15) is 13.2 Å². The quantitative estimate of drug-likeness (QED) is 0.871. The summed E-state index contributed by atoms with van der Waals surface area (Å²) in [6.07, 6.45) is -4.46. The van der Waals surface area contributed by atoms with E-state index in [1.807, 2.05) is 0 Å². The minimum Gasteiger partial charge on any atom is -0.482 e. The number of halogens is 4. The number of rotatable bonds is 5. The van der Waals surface area contributed by atoms with Crippen LogP contribution in [0.25, 0.3) is 0 Å². The molecule has 0 saturated carbocycles. The predicted molar refractivity (Wildman–Crippen MR) is 63.9 cm³/mol. The minimum absolute atomic E-state index is 0.139. The lowest BCUT2D eigenvalue weighted by atomic mass is 10.2. The van der Waals surface area contributed by atoms with Crippen molar-refractivity contribution in [3.8, 4) is 5.75 Å². The predicted octanol–water partition coefficient (Wildman–Crippen LogP) is 1.86. The van der Waals surface area contributed by atoms with Gasteiger partial charge in [0.05, 0.1) is 5.02 Å². The second kappa shape index (κ2) is 6.63. The molecule has 1 aromatic rings. The van der Waals surface area contributed by atoms with Crippen molar-refractivity contribution in [2.24, 2.45) is 5.73 Å². The van der Waals surface area contributed by atoms with Gasteiger partial charge >= 0.3 is 6.18 Å². The summed E-state index contributed by atoms with van der Waals surface area (Å²) in [5.74, 6) is -0.686. The standard InChI is InChI=1S/C11H12ClF3N2O2/c12-8-3-1-2-7(4-16)10(8)19-5-9(18)17-6-11(13,14)15/h1-3H,4-6,16H2,(H,17,18). The van der Waals surface area contributed by atoms with Crippen molar-refractivity contribution >= 4 is 17.5 Å². The number of alkyl halides is 3. The zero-order valence-electron chi connectivity index (χ0n) is 9.76. The summed E-state index contributed by atoms with van der Waals surface area (Å²) in [6, 6.07) is 4.83. The molecule has 1 amide bonds. The van der Waals surface area contributed by atoms with E-state index < -0.39 is 25.2 Å². The van der Waals surface area contributed by atoms with E-state index in [9.17, 15) is 18.0 Å². The van der Waals surface area contributed by atoms with Crippen LogP contribution >= 0.6 is 11.6 Å². The van der Waals surface area contributed by atoms with Gasteiger partial charge in [0.25, 0.3) is 5.91 Å². The van der Waals surface area contributed by atoms with E-state index in [1.54, 1.807) is 17.4 Å². The highest BCUT2D eigenvalue weighted by atomic mass is 35.5. The number of carbonyl (C=O) groups is 1. The van der Waals surface area contributed by atoms with Crippen LogP contribution in [0.15, 0.2) is 18.2 Å². The number of amides is 1. The molecule has 0 aliphatic rings. The number of nitrogens with two attached hydrogens (primary N) is 1. The average Bonchev–Trinajstić information content (AvgIpc) is 2.33. The summed E-state index contributed by atoms with van der Waals surface area (Å²) < 4.78 is 40.7. The van der Waals surface area contributed by atoms with Crippen molar-refractivity contribution in [3.05, 3.63) is 28.8 Å². The van der Waals surface area contributed by atoms with E-state index in [4.69, 9.17) is 22.1 Å². The van der Waals surface area contributed by atoms with Crippen molar-refractivity contribution in [2.75, 3.05) is 13.2 Å². The van der Waals surface area contributed by atoms with Gasteiger partial charge in [-0.15, -0.1) is 0 Å². The first-order valence-corrected chi connectivity index (χ1v) is 5.65. The summed E-state index contributed by atoms with van der Waals surface area (Å²) in [5.41, 5.74) is 6.02. The molecular weight excluding hydrogens is 285 g/mol. The van der Waals surface area contributed by atoms with Crippen LogP contribution in [0.3, 0.4) is 0 Å². The van der Waals surface area contributed by atoms with Crippen LogP contribution in [-0.2, 0) is 11.3 Å². The Kier molecular flexibility index (Phi) is 5.44. The number of ether oxygens (including phenoxy) is 1. The van der Waals surface area contributed by atoms with Crippen molar-refractivity contribution in [1.82, 2.24) is 5.32 Å². The van der Waals surface area contributed by atoms with Gasteiger partial charge in [-0.25, -0.2) is 0 Å². The third kappa shape index (κ3) is 5.35. The Balaban J connectivity index is 2.55. The summed E-state index contributed by atoms with van der Waals surface area (Å²) in [7, 11) is 0. The van der Waals surface area contributed by atoms with Gasteiger partial charge < -0.3 is 15.8 Å². The lowest BCUT2D eigenvalue weighted by Crippen LogP contribution is -2.36. The maximum Gasteiger partial charge on any atom is 0.405 e. The van der Waals surface area contributed by atoms with Gasteiger partial charge in [-0.3, -0.25) is 4.79 Å². The van der Waals surface area contributed by atoms with Crippen LogP contribution in [0.2, 0.25) is 5.02 Å². The fourth-order valence-electron chi connectivity index (χ4n) is 1.26. The molecule has 8 heteroatoms. The fraction of sp³-hybridized carbons (Fsp3) is 0.364. The Bertz CT molecular complexity index is 452. The Morgan fingerprint density at radius 2 is 2.11 bits per heavy atom. The molecule has 0 radical (unpaired) electrons. The summed E-state index contributed by atoms with van der Waals surface area (Å²) in [6.45, 7) is -1.83. The molecule has 0 aromatic heterocycles. The van der Waals surface area contributed by atoms with Crippen LogP contribution in [0, 0.1) is 0 Å². The van der Waals surface area contributed by atoms with Gasteiger partial charge in [-0.05, 0) is 6.07 Å². The topological polar surface area (TPSA) is 64.3 Å². The van der Waals surface area contributed by atoms with E-state index in [0.29, 0.717) is 5.56 Å². The lowest BCUT2D eigenvalue weighted by Gasteiger charge is -2.12. The molecule has 0 atom stereocenters. The number of carbonyl (C=O) groups excluding carboxylic acids is 1. The monoisotopic (exact) mass is 296 g/mol. The SMILES string of the molecule is NCc1cccc(Cl)c1OCC(=O)NCC(F)(F)F. The van der Waals surface area contributed by atoms with Crippen molar-refractivity contribution < 1.29 is 22.7 Å². The van der Waals surface area contributed by atoms with Crippen molar-refractivity contribution in [2.45, 2.75) is 12.7 Å². The van der Waals surface area contributed by atoms with Crippen molar-refractivity contribution in [3.63, 3.8) is 0 Å². The van der Waals surface area contributed by atoms with E-state index in [0.717, 1.165) is 0 Å². The molecule has 19 heavy (non-hydrogen) atoms. The summed E-state index contributed by atoms with van der Waals surface area (Å²) in [4.78, 5) is 11.2. The number of hydrogen-bond donors (Lipinski definition) is 2. The first-order chi connectivity index (χ1) is 8.83. The Morgan fingerprint density at radius 1 is 1.42 bits per heavy atom. The number of benzene rings is 1. The molecule has 1 aromatic carbocycles. The first-order valence-electron chi connectivity index (χ1n) is 5.27. The molecule has 1 rings (SSSR count). The van der Waals surface area contributed by atoms with Crippen LogP contribution in [0.5, 0.6) is 5.75 Å². The van der Waals surface area contributed by atoms with E-state index in [2.05, 4.69) is 0 Å². The molecule has 0 saturated heterocycles. The average molecular weight is 297 g/mol. The summed E-state index contributed by atoms with van der Waals surface area (Å²) >= 11 is 5.85. The molecule has 3 N–H and O–H groups in total. The molecule has 106 valence electrons. The molecule has 4 nitrogen and oxygen atoms in total. The molecule has 0 spiro atoms. The smallest absolute Gasteiger partial charge is 0.405 e. The van der Waals surface area contributed by atoms with Gasteiger partial charge in [0.2, 0.25) is 0 Å². The summed E-state index contributed by atoms with van der Waals surface area (Å²) in [5, 5.41) is 1.93. The Morgan fingerprint density at radius 3 is 2.68 bits per heavy atom. The van der Waals surface area contributed by atoms with Crippen LogP contribution < -0.4 is 15.8 Å². The molecule has 0 aliphatic heterocycles. The highest BCUT2D eigenvalue weighted by molar-refractivity contribution is 6.32. The van der Waals surface area contributed by atoms with Crippen LogP contribution in [0.1, 0.15) is 5.56 Å². The zero-order valence-corrected chi connectivity index (χ0v) is 10.5. The molecule has 0 fully saturated rings. The van der Waals surface area contributed by atoms with E-state index >= 15 is 0 Å². The van der Waals surface area contributed by atoms with Crippen molar-refractivity contribution in [1.29, 1.82) is 0 Å². The minimum atomic E-state index is -4.46. The molecule has 0 aliphatic carbocycles. The Hall–Kier alpha value is -1.47. The number of nitrogens with one attached hydrogen (secondary N) is 1. The highest BCUT2D eigenvalue weighted by Gasteiger charge is 2.27. The maximum atomic E-state index is 11.9. The molecule has 0 unspecified atom stereocenters. The zero-order chi connectivity index (χ0) is 14.5. The second-order valence-corrected chi connectivity index (χ2v) is 4.02. The molecule has 0 heterocycles. The second-order valence-electron chi connectivity index (χ2n) is 3.61. The third-order valence-corrected chi connectivity index (χ3v) is 2.40. The third-order valence-electron chi connectivity index (χ3n) is 2.10. The van der Waals surface area contributed by atoms with Crippen LogP contribution in [-0.4, -0.2) is 25.2 Å². The van der Waals surface area contributed by atoms with Gasteiger partial charge in [0, 0.05) is 12.1 Å². The van der Waals surface area contributed by atoms with Gasteiger partial charge in [0.15, 0.2) is 6.61 Å². The molecule has 0 bridgehead atoms. The highest BCUT2D eigenvalue weighted by Crippen LogP contribution is 2.28. The Labute approximate surface area is 112 Å². The number of para-hydroxylation sites is 1. The maximum absolute atomic E-state index is 11.9. The van der Waals surface area contributed by atoms with Gasteiger partial charge in [0.1, 0.15) is 12.3 Å². The van der Waals surface area contributed by atoms with Crippen LogP contribution in [0.4, 0.5) is 13.2 Å². The first kappa shape index (κ1) is 15.6. The lowest BCUT2D eigenvalue weighted by molar-refractivity contribution is -0.139. The normalized spacial score (nSPS) is 11.2.